The first-order chi connectivity index (χ1) is 11.3. The van der Waals surface area contributed by atoms with E-state index in [1.807, 2.05) is 0 Å². The quantitative estimate of drug-likeness (QED) is 0.236. The van der Waals surface area contributed by atoms with E-state index in [0.29, 0.717) is 38.6 Å². The molecule has 2 heterocycles. The van der Waals surface area contributed by atoms with Gasteiger partial charge in [-0.2, -0.15) is 0 Å². The van der Waals surface area contributed by atoms with Crippen LogP contribution in [0.5, 0.6) is 0 Å². The van der Waals surface area contributed by atoms with Crippen LogP contribution in [0.4, 0.5) is 0 Å². The minimum atomic E-state index is -2.55. The van der Waals surface area contributed by atoms with Crippen molar-refractivity contribution in [2.24, 2.45) is 0 Å². The van der Waals surface area contributed by atoms with Crippen molar-refractivity contribution in [2.45, 2.75) is 37.5 Å². The molecule has 2 rings (SSSR count). The SMILES string of the molecule is CO[Si](CCCOCC1CO1)(OC)OCCCCOCC1CO1. The molecule has 0 amide bonds. The predicted molar refractivity (Wildman–Crippen MR) is 85.5 cm³/mol. The summed E-state index contributed by atoms with van der Waals surface area (Å²) >= 11 is 0. The maximum Gasteiger partial charge on any atom is 0.500 e. The van der Waals surface area contributed by atoms with Gasteiger partial charge < -0.3 is 32.2 Å². The molecule has 0 bridgehead atoms. The lowest BCUT2D eigenvalue weighted by Crippen LogP contribution is -2.44. The number of ether oxygens (including phenoxy) is 4. The molecule has 0 aromatic carbocycles. The van der Waals surface area contributed by atoms with Crippen LogP contribution in [-0.2, 0) is 32.2 Å². The van der Waals surface area contributed by atoms with Crippen LogP contribution < -0.4 is 0 Å². The van der Waals surface area contributed by atoms with Crippen LogP contribution in [0.1, 0.15) is 19.3 Å². The highest BCUT2D eigenvalue weighted by atomic mass is 28.4. The average Bonchev–Trinajstić information content (AvgIpc) is 3.46. The number of hydrogen-bond donors (Lipinski definition) is 0. The zero-order valence-electron chi connectivity index (χ0n) is 14.3. The zero-order chi connectivity index (χ0) is 16.4. The second-order valence-electron chi connectivity index (χ2n) is 5.81. The van der Waals surface area contributed by atoms with Gasteiger partial charge in [-0.3, -0.25) is 0 Å². The van der Waals surface area contributed by atoms with Crippen molar-refractivity contribution in [3.8, 4) is 0 Å². The summed E-state index contributed by atoms with van der Waals surface area (Å²) < 4.78 is 38.3. The third-order valence-electron chi connectivity index (χ3n) is 3.81. The topological polar surface area (TPSA) is 71.2 Å². The molecule has 2 aliphatic heterocycles. The van der Waals surface area contributed by atoms with Crippen LogP contribution in [0.15, 0.2) is 0 Å². The summed E-state index contributed by atoms with van der Waals surface area (Å²) in [6, 6.07) is 0.765. The fourth-order valence-electron chi connectivity index (χ4n) is 2.16. The van der Waals surface area contributed by atoms with Gasteiger partial charge in [0.2, 0.25) is 0 Å². The Morgan fingerprint density at radius 3 is 1.87 bits per heavy atom. The lowest BCUT2D eigenvalue weighted by Gasteiger charge is -2.26. The normalized spacial score (nSPS) is 23.2. The highest BCUT2D eigenvalue weighted by Crippen LogP contribution is 2.17. The minimum Gasteiger partial charge on any atom is -0.379 e. The number of epoxide rings is 2. The Labute approximate surface area is 139 Å². The number of hydrogen-bond acceptors (Lipinski definition) is 7. The summed E-state index contributed by atoms with van der Waals surface area (Å²) in [5, 5.41) is 0. The molecule has 0 radical (unpaired) electrons. The van der Waals surface area contributed by atoms with Crippen LogP contribution in [0.2, 0.25) is 6.04 Å². The van der Waals surface area contributed by atoms with Crippen molar-refractivity contribution >= 4 is 8.80 Å². The van der Waals surface area contributed by atoms with E-state index in [1.54, 1.807) is 14.2 Å². The molecule has 2 atom stereocenters. The van der Waals surface area contributed by atoms with Crippen molar-refractivity contribution in [1.29, 1.82) is 0 Å². The van der Waals surface area contributed by atoms with Gasteiger partial charge in [-0.05, 0) is 19.3 Å². The lowest BCUT2D eigenvalue weighted by molar-refractivity contribution is 0.0783. The first-order valence-electron chi connectivity index (χ1n) is 8.41. The molecule has 23 heavy (non-hydrogen) atoms. The molecule has 0 N–H and O–H groups in total. The summed E-state index contributed by atoms with van der Waals surface area (Å²) in [6.07, 6.45) is 3.41. The van der Waals surface area contributed by atoms with E-state index in [-0.39, 0.29) is 0 Å². The fourth-order valence-corrected chi connectivity index (χ4v) is 4.15. The van der Waals surface area contributed by atoms with Gasteiger partial charge >= 0.3 is 8.80 Å². The smallest absolute Gasteiger partial charge is 0.379 e. The molecule has 2 aliphatic rings. The Kier molecular flexibility index (Phi) is 8.99. The highest BCUT2D eigenvalue weighted by molar-refractivity contribution is 6.60. The Morgan fingerprint density at radius 2 is 1.35 bits per heavy atom. The molecule has 2 fully saturated rings. The third kappa shape index (κ3) is 8.55. The van der Waals surface area contributed by atoms with E-state index < -0.39 is 8.80 Å². The molecule has 0 aliphatic carbocycles. The van der Waals surface area contributed by atoms with Crippen LogP contribution in [0.3, 0.4) is 0 Å². The maximum atomic E-state index is 5.94. The summed E-state index contributed by atoms with van der Waals surface area (Å²) in [6.45, 7) is 5.12. The molecule has 0 aromatic rings. The van der Waals surface area contributed by atoms with Gasteiger partial charge in [0.05, 0.1) is 26.4 Å². The van der Waals surface area contributed by atoms with Crippen molar-refractivity contribution in [1.82, 2.24) is 0 Å². The van der Waals surface area contributed by atoms with Crippen molar-refractivity contribution in [2.75, 3.05) is 60.5 Å². The van der Waals surface area contributed by atoms with Crippen LogP contribution in [0.25, 0.3) is 0 Å². The molecule has 0 aromatic heterocycles. The molecule has 0 saturated carbocycles. The maximum absolute atomic E-state index is 5.94. The lowest BCUT2D eigenvalue weighted by atomic mass is 10.3. The van der Waals surface area contributed by atoms with Crippen molar-refractivity contribution in [3.63, 3.8) is 0 Å². The van der Waals surface area contributed by atoms with Gasteiger partial charge in [0.1, 0.15) is 12.2 Å². The molecule has 8 heteroatoms. The standard InChI is InChI=1S/C15H30O7Si/c1-16-23(17-2,9-5-7-19-11-15-13-21-15)22-8-4-3-6-18-10-14-12-20-14/h14-15H,3-13H2,1-2H3. The molecule has 136 valence electrons. The molecular weight excluding hydrogens is 320 g/mol. The monoisotopic (exact) mass is 350 g/mol. The van der Waals surface area contributed by atoms with E-state index in [4.69, 9.17) is 32.2 Å². The van der Waals surface area contributed by atoms with Gasteiger partial charge in [0.25, 0.3) is 0 Å². The number of rotatable bonds is 16. The Bertz CT molecular complexity index is 306. The summed E-state index contributed by atoms with van der Waals surface area (Å²) in [5.41, 5.74) is 0. The Morgan fingerprint density at radius 1 is 0.826 bits per heavy atom. The fraction of sp³-hybridized carbons (Fsp3) is 1.00. The van der Waals surface area contributed by atoms with E-state index in [1.165, 1.54) is 0 Å². The van der Waals surface area contributed by atoms with Crippen LogP contribution in [-0.4, -0.2) is 81.5 Å². The van der Waals surface area contributed by atoms with E-state index >= 15 is 0 Å². The van der Waals surface area contributed by atoms with Crippen molar-refractivity contribution in [3.05, 3.63) is 0 Å². The second-order valence-corrected chi connectivity index (χ2v) is 8.78. The van der Waals surface area contributed by atoms with Crippen LogP contribution >= 0.6 is 0 Å². The first kappa shape index (κ1) is 19.3. The molecule has 0 spiro atoms. The third-order valence-corrected chi connectivity index (χ3v) is 6.66. The van der Waals surface area contributed by atoms with Gasteiger partial charge in [-0.15, -0.1) is 0 Å². The van der Waals surface area contributed by atoms with Crippen molar-refractivity contribution < 1.29 is 32.2 Å². The van der Waals surface area contributed by atoms with E-state index in [2.05, 4.69) is 0 Å². The highest BCUT2D eigenvalue weighted by Gasteiger charge is 2.38. The van der Waals surface area contributed by atoms with E-state index in [0.717, 1.165) is 45.1 Å². The van der Waals surface area contributed by atoms with Gasteiger partial charge in [-0.1, -0.05) is 0 Å². The largest absolute Gasteiger partial charge is 0.500 e. The summed E-state index contributed by atoms with van der Waals surface area (Å²) in [5.74, 6) is 0. The number of unbranched alkanes of at least 4 members (excludes halogenated alkanes) is 1. The summed E-state index contributed by atoms with van der Waals surface area (Å²) in [7, 11) is 0.767. The van der Waals surface area contributed by atoms with Crippen LogP contribution in [0, 0.1) is 0 Å². The predicted octanol–water partition coefficient (Wildman–Crippen LogP) is 1.24. The zero-order valence-corrected chi connectivity index (χ0v) is 15.3. The summed E-state index contributed by atoms with van der Waals surface area (Å²) in [4.78, 5) is 0. The average molecular weight is 350 g/mol. The van der Waals surface area contributed by atoms with E-state index in [9.17, 15) is 0 Å². The molecule has 2 unspecified atom stereocenters. The molecular formula is C15H30O7Si. The molecule has 2 saturated heterocycles. The Hall–Kier alpha value is -0.0631. The minimum absolute atomic E-state index is 0.312. The van der Waals surface area contributed by atoms with Gasteiger partial charge in [0.15, 0.2) is 0 Å². The second kappa shape index (κ2) is 10.7. The van der Waals surface area contributed by atoms with Gasteiger partial charge in [0, 0.05) is 40.1 Å². The molecule has 7 nitrogen and oxygen atoms in total. The van der Waals surface area contributed by atoms with Gasteiger partial charge in [-0.25, -0.2) is 0 Å². The first-order valence-corrected chi connectivity index (χ1v) is 10.3. The Balaban J connectivity index is 1.47.